The molecule has 118 valence electrons. The maximum atomic E-state index is 12.7. The van der Waals surface area contributed by atoms with Gasteiger partial charge in [-0.15, -0.1) is 0 Å². The van der Waals surface area contributed by atoms with E-state index in [1.807, 2.05) is 6.07 Å². The largest absolute Gasteiger partial charge is 0.490 e. The van der Waals surface area contributed by atoms with Crippen molar-refractivity contribution in [1.29, 1.82) is 0 Å². The van der Waals surface area contributed by atoms with Gasteiger partial charge in [-0.25, -0.2) is 12.4 Å². The van der Waals surface area contributed by atoms with Crippen molar-refractivity contribution >= 4 is 49.4 Å². The van der Waals surface area contributed by atoms with Gasteiger partial charge in [0.2, 0.25) is 10.0 Å². The molecule has 0 aliphatic rings. The predicted octanol–water partition coefficient (Wildman–Crippen LogP) is 1.46. The van der Waals surface area contributed by atoms with Crippen molar-refractivity contribution < 1.29 is 18.5 Å². The van der Waals surface area contributed by atoms with Crippen LogP contribution in [0.2, 0.25) is 0 Å². The summed E-state index contributed by atoms with van der Waals surface area (Å²) >= 11 is 3.31. The molecule has 1 heterocycles. The first-order valence-corrected chi connectivity index (χ1v) is 9.22. The lowest BCUT2D eigenvalue weighted by atomic mass is 9.80. The number of fused-ring (bicyclic) bond motifs is 1. The van der Waals surface area contributed by atoms with Gasteiger partial charge in [0.1, 0.15) is 0 Å². The highest BCUT2D eigenvalue weighted by Gasteiger charge is 2.24. The van der Waals surface area contributed by atoms with Crippen LogP contribution < -0.4 is 5.46 Å². The summed E-state index contributed by atoms with van der Waals surface area (Å²) in [5.74, 6) is -0.175. The summed E-state index contributed by atoms with van der Waals surface area (Å²) in [6.07, 6.45) is 1.26. The Labute approximate surface area is 142 Å². The lowest BCUT2D eigenvalue weighted by Gasteiger charge is -2.08. The number of nitrogens with zero attached hydrogens (tertiary/aromatic N) is 1. The van der Waals surface area contributed by atoms with Gasteiger partial charge in [0.05, 0.1) is 11.3 Å². The number of hydrogen-bond acceptors (Lipinski definition) is 4. The van der Waals surface area contributed by atoms with E-state index < -0.39 is 17.1 Å². The van der Waals surface area contributed by atoms with Gasteiger partial charge >= 0.3 is 7.12 Å². The van der Waals surface area contributed by atoms with Gasteiger partial charge in [0, 0.05) is 21.5 Å². The molecule has 0 spiro atoms. The van der Waals surface area contributed by atoms with Crippen LogP contribution in [-0.2, 0) is 15.8 Å². The first-order valence-electron chi connectivity index (χ1n) is 6.82. The lowest BCUT2D eigenvalue weighted by Crippen LogP contribution is -2.29. The third-order valence-corrected chi connectivity index (χ3v) is 5.63. The molecular formula is C15H13BBrNO4S. The van der Waals surface area contributed by atoms with E-state index in [1.165, 1.54) is 6.20 Å². The minimum Gasteiger partial charge on any atom is -0.423 e. The summed E-state index contributed by atoms with van der Waals surface area (Å²) in [7, 11) is -5.44. The van der Waals surface area contributed by atoms with Gasteiger partial charge in [-0.2, -0.15) is 0 Å². The summed E-state index contributed by atoms with van der Waals surface area (Å²) in [6.45, 7) is 0. The van der Waals surface area contributed by atoms with Crippen molar-refractivity contribution in [1.82, 2.24) is 3.97 Å². The third kappa shape index (κ3) is 3.21. The average molecular weight is 394 g/mol. The smallest absolute Gasteiger partial charge is 0.423 e. The van der Waals surface area contributed by atoms with Gasteiger partial charge in [0.15, 0.2) is 0 Å². The fraction of sp³-hybridized carbons (Fsp3) is 0.0667. The quantitative estimate of drug-likeness (QED) is 0.657. The topological polar surface area (TPSA) is 79.5 Å². The van der Waals surface area contributed by atoms with Gasteiger partial charge in [-0.1, -0.05) is 52.3 Å². The summed E-state index contributed by atoms with van der Waals surface area (Å²) in [6, 6.07) is 13.9. The monoisotopic (exact) mass is 393 g/mol. The van der Waals surface area contributed by atoms with Crippen LogP contribution in [0.5, 0.6) is 0 Å². The molecule has 0 radical (unpaired) electrons. The fourth-order valence-corrected chi connectivity index (χ4v) is 4.31. The second-order valence-corrected chi connectivity index (χ2v) is 7.92. The molecule has 23 heavy (non-hydrogen) atoms. The van der Waals surface area contributed by atoms with E-state index in [1.54, 1.807) is 42.5 Å². The summed E-state index contributed by atoms with van der Waals surface area (Å²) in [5, 5.41) is 19.5. The summed E-state index contributed by atoms with van der Waals surface area (Å²) in [4.78, 5) is 0. The molecule has 1 aromatic heterocycles. The first-order chi connectivity index (χ1) is 10.9. The van der Waals surface area contributed by atoms with Gasteiger partial charge in [0.25, 0.3) is 0 Å². The Bertz CT molecular complexity index is 954. The normalized spacial score (nSPS) is 11.8. The van der Waals surface area contributed by atoms with E-state index in [0.717, 1.165) is 3.97 Å². The predicted molar refractivity (Wildman–Crippen MR) is 93.9 cm³/mol. The fourth-order valence-electron chi connectivity index (χ4n) is 2.49. The molecule has 0 aliphatic heterocycles. The molecule has 0 unspecified atom stereocenters. The second-order valence-electron chi connectivity index (χ2n) is 5.16. The third-order valence-electron chi connectivity index (χ3n) is 3.53. The number of rotatable bonds is 4. The minimum absolute atomic E-state index is 0.157. The molecular weight excluding hydrogens is 381 g/mol. The van der Waals surface area contributed by atoms with Crippen molar-refractivity contribution in [3.05, 3.63) is 64.8 Å². The lowest BCUT2D eigenvalue weighted by molar-refractivity contribution is 0.426. The summed E-state index contributed by atoms with van der Waals surface area (Å²) in [5.41, 5.74) is 1.22. The SMILES string of the molecule is O=S(=O)(Cc1ccccc1)n1cc(B(O)O)c2ccc(Br)cc21. The Kier molecular flexibility index (Phi) is 4.33. The van der Waals surface area contributed by atoms with E-state index in [-0.39, 0.29) is 11.2 Å². The molecule has 0 saturated heterocycles. The molecule has 0 amide bonds. The van der Waals surface area contributed by atoms with E-state index in [4.69, 9.17) is 0 Å². The molecule has 8 heteroatoms. The number of benzene rings is 2. The standard InChI is InChI=1S/C15H13BBrNO4S/c17-12-6-7-13-14(16(19)20)9-18(15(13)8-12)23(21,22)10-11-4-2-1-3-5-11/h1-9,19-20H,10H2. The highest BCUT2D eigenvalue weighted by Crippen LogP contribution is 2.23. The first kappa shape index (κ1) is 16.3. The molecule has 0 aliphatic carbocycles. The Morgan fingerprint density at radius 2 is 1.78 bits per heavy atom. The van der Waals surface area contributed by atoms with Gasteiger partial charge in [-0.05, 0) is 17.7 Å². The molecule has 3 rings (SSSR count). The van der Waals surface area contributed by atoms with E-state index in [2.05, 4.69) is 15.9 Å². The van der Waals surface area contributed by atoms with Gasteiger partial charge < -0.3 is 10.0 Å². The van der Waals surface area contributed by atoms with Crippen LogP contribution in [0.1, 0.15) is 5.56 Å². The molecule has 5 nitrogen and oxygen atoms in total. The molecule has 0 bridgehead atoms. The highest BCUT2D eigenvalue weighted by atomic mass is 79.9. The van der Waals surface area contributed by atoms with Crippen LogP contribution in [-0.4, -0.2) is 29.6 Å². The molecule has 0 atom stereocenters. The number of hydrogen-bond donors (Lipinski definition) is 2. The van der Waals surface area contributed by atoms with Crippen LogP contribution >= 0.6 is 15.9 Å². The second kappa shape index (κ2) is 6.12. The zero-order chi connectivity index (χ0) is 16.6. The molecule has 0 saturated carbocycles. The minimum atomic E-state index is -3.70. The molecule has 0 fully saturated rings. The van der Waals surface area contributed by atoms with Crippen molar-refractivity contribution in [3.8, 4) is 0 Å². The number of halogens is 1. The Hall–Kier alpha value is -1.61. The van der Waals surface area contributed by atoms with Crippen LogP contribution in [0.25, 0.3) is 10.9 Å². The Balaban J connectivity index is 2.17. The molecule has 3 aromatic rings. The van der Waals surface area contributed by atoms with Gasteiger partial charge in [-0.3, -0.25) is 0 Å². The van der Waals surface area contributed by atoms with Crippen molar-refractivity contribution in [2.75, 3.05) is 0 Å². The maximum absolute atomic E-state index is 12.7. The van der Waals surface area contributed by atoms with E-state index >= 15 is 0 Å². The highest BCUT2D eigenvalue weighted by molar-refractivity contribution is 9.10. The van der Waals surface area contributed by atoms with E-state index in [9.17, 15) is 18.5 Å². The number of aromatic nitrogens is 1. The Morgan fingerprint density at radius 1 is 1.09 bits per heavy atom. The average Bonchev–Trinajstić information content (AvgIpc) is 2.87. The molecule has 2 N–H and O–H groups in total. The van der Waals surface area contributed by atoms with Crippen LogP contribution in [0.15, 0.2) is 59.2 Å². The van der Waals surface area contributed by atoms with Crippen LogP contribution in [0, 0.1) is 0 Å². The zero-order valence-corrected chi connectivity index (χ0v) is 14.3. The summed E-state index contributed by atoms with van der Waals surface area (Å²) < 4.78 is 27.3. The van der Waals surface area contributed by atoms with Crippen molar-refractivity contribution in [2.45, 2.75) is 5.75 Å². The van der Waals surface area contributed by atoms with Crippen LogP contribution in [0.3, 0.4) is 0 Å². The zero-order valence-electron chi connectivity index (χ0n) is 11.9. The van der Waals surface area contributed by atoms with E-state index in [0.29, 0.717) is 20.9 Å². The van der Waals surface area contributed by atoms with Crippen molar-refractivity contribution in [3.63, 3.8) is 0 Å². The molecule has 2 aromatic carbocycles. The maximum Gasteiger partial charge on any atom is 0.490 e. The van der Waals surface area contributed by atoms with Crippen LogP contribution in [0.4, 0.5) is 0 Å². The van der Waals surface area contributed by atoms with Crippen molar-refractivity contribution in [2.24, 2.45) is 0 Å². The Morgan fingerprint density at radius 3 is 2.43 bits per heavy atom.